The molecule has 0 fully saturated rings. The zero-order valence-electron chi connectivity index (χ0n) is 17.8. The van der Waals surface area contributed by atoms with Crippen LogP contribution in [0, 0.1) is 6.92 Å². The van der Waals surface area contributed by atoms with Gasteiger partial charge < -0.3 is 14.8 Å². The fraction of sp³-hybridized carbons (Fsp3) is 0.217. The minimum absolute atomic E-state index is 0.141. The average molecular weight is 433 g/mol. The molecule has 9 heteroatoms. The highest BCUT2D eigenvalue weighted by Gasteiger charge is 2.16. The molecule has 0 unspecified atom stereocenters. The molecule has 9 nitrogen and oxygen atoms in total. The van der Waals surface area contributed by atoms with E-state index in [4.69, 9.17) is 4.74 Å². The zero-order valence-corrected chi connectivity index (χ0v) is 17.8. The smallest absolute Gasteiger partial charge is 0.310 e. The van der Waals surface area contributed by atoms with Gasteiger partial charge in [0, 0.05) is 6.54 Å². The maximum absolute atomic E-state index is 12.7. The third kappa shape index (κ3) is 4.77. The van der Waals surface area contributed by atoms with E-state index in [2.05, 4.69) is 25.1 Å². The van der Waals surface area contributed by atoms with Gasteiger partial charge in [-0.05, 0) is 30.2 Å². The molecule has 4 aromatic rings. The summed E-state index contributed by atoms with van der Waals surface area (Å²) < 4.78 is 11.7. The molecule has 0 radical (unpaired) electrons. The number of ether oxygens (including phenoxy) is 2. The number of carbonyl (C=O) groups excluding carboxylic acids is 1. The molecule has 2 N–H and O–H groups in total. The molecule has 164 valence electrons. The van der Waals surface area contributed by atoms with Crippen LogP contribution in [0.3, 0.4) is 0 Å². The van der Waals surface area contributed by atoms with Crippen molar-refractivity contribution in [2.75, 3.05) is 12.4 Å². The van der Waals surface area contributed by atoms with Crippen LogP contribution >= 0.6 is 0 Å². The molecule has 0 aliphatic heterocycles. The van der Waals surface area contributed by atoms with Gasteiger partial charge in [0.25, 0.3) is 11.3 Å². The second-order valence-electron chi connectivity index (χ2n) is 7.21. The Hall–Kier alpha value is -4.14. The van der Waals surface area contributed by atoms with Gasteiger partial charge in [0.05, 0.1) is 24.8 Å². The number of aryl methyl sites for hydroxylation is 1. The Kier molecular flexibility index (Phi) is 6.16. The summed E-state index contributed by atoms with van der Waals surface area (Å²) in [6, 6.07) is 17.7. The number of hydrogen-bond acceptors (Lipinski definition) is 7. The standard InChI is InChI=1S/C23H23N5O4/c1-15-19(12-20(29)31-2)21(30)28-23(25-15)26-22(27-28)24-13-16-8-10-18(11-9-16)32-14-17-6-4-3-5-7-17/h3-11H,12-14H2,1-2H3,(H2,24,25,26,27). The Labute approximate surface area is 184 Å². The Morgan fingerprint density at radius 3 is 2.53 bits per heavy atom. The highest BCUT2D eigenvalue weighted by molar-refractivity contribution is 5.72. The van der Waals surface area contributed by atoms with E-state index in [1.807, 2.05) is 54.6 Å². The summed E-state index contributed by atoms with van der Waals surface area (Å²) in [6.07, 6.45) is -0.141. The lowest BCUT2D eigenvalue weighted by molar-refractivity contribution is -0.139. The maximum atomic E-state index is 12.7. The fourth-order valence-electron chi connectivity index (χ4n) is 3.18. The second-order valence-corrected chi connectivity index (χ2v) is 7.21. The van der Waals surface area contributed by atoms with Crippen LogP contribution in [0.15, 0.2) is 59.4 Å². The van der Waals surface area contributed by atoms with Crippen molar-refractivity contribution >= 4 is 17.7 Å². The van der Waals surface area contributed by atoms with Crippen molar-refractivity contribution in [3.63, 3.8) is 0 Å². The predicted octanol–water partition coefficient (Wildman–Crippen LogP) is 2.63. The minimum Gasteiger partial charge on any atom is -0.489 e. The average Bonchev–Trinajstić information content (AvgIpc) is 3.23. The third-order valence-corrected chi connectivity index (χ3v) is 4.98. The Balaban J connectivity index is 1.41. The number of H-pyrrole nitrogens is 1. The van der Waals surface area contributed by atoms with Crippen molar-refractivity contribution in [2.45, 2.75) is 26.5 Å². The first-order valence-electron chi connectivity index (χ1n) is 10.1. The number of rotatable bonds is 8. The van der Waals surface area contributed by atoms with E-state index in [0.717, 1.165) is 16.9 Å². The van der Waals surface area contributed by atoms with Gasteiger partial charge in [-0.2, -0.15) is 9.50 Å². The van der Waals surface area contributed by atoms with Crippen molar-refractivity contribution in [2.24, 2.45) is 0 Å². The van der Waals surface area contributed by atoms with Gasteiger partial charge >= 0.3 is 5.97 Å². The molecule has 0 amide bonds. The van der Waals surface area contributed by atoms with E-state index in [9.17, 15) is 9.59 Å². The summed E-state index contributed by atoms with van der Waals surface area (Å²) in [5.41, 5.74) is 2.47. The molecule has 0 spiro atoms. The lowest BCUT2D eigenvalue weighted by Gasteiger charge is -2.08. The molecular formula is C23H23N5O4. The largest absolute Gasteiger partial charge is 0.489 e. The van der Waals surface area contributed by atoms with E-state index in [1.54, 1.807) is 6.92 Å². The first kappa shape index (κ1) is 21.1. The van der Waals surface area contributed by atoms with Gasteiger partial charge in [0.2, 0.25) is 5.95 Å². The summed E-state index contributed by atoms with van der Waals surface area (Å²) in [7, 11) is 1.28. The highest BCUT2D eigenvalue weighted by atomic mass is 16.5. The molecule has 0 aliphatic carbocycles. The van der Waals surface area contributed by atoms with E-state index in [0.29, 0.717) is 24.8 Å². The maximum Gasteiger partial charge on any atom is 0.310 e. The zero-order chi connectivity index (χ0) is 22.5. The summed E-state index contributed by atoms with van der Waals surface area (Å²) >= 11 is 0. The van der Waals surface area contributed by atoms with Crippen molar-refractivity contribution < 1.29 is 14.3 Å². The summed E-state index contributed by atoms with van der Waals surface area (Å²) in [5.74, 6) is 0.911. The normalized spacial score (nSPS) is 10.8. The topological polar surface area (TPSA) is 111 Å². The number of esters is 1. The number of nitrogens with zero attached hydrogens (tertiary/aromatic N) is 3. The lowest BCUT2D eigenvalue weighted by atomic mass is 10.2. The van der Waals surface area contributed by atoms with Crippen molar-refractivity contribution in [1.29, 1.82) is 0 Å². The van der Waals surface area contributed by atoms with E-state index in [-0.39, 0.29) is 23.3 Å². The first-order chi connectivity index (χ1) is 15.5. The number of nitrogens with one attached hydrogen (secondary N) is 2. The van der Waals surface area contributed by atoms with Crippen LogP contribution in [-0.2, 0) is 29.1 Å². The van der Waals surface area contributed by atoms with Crippen LogP contribution < -0.4 is 15.6 Å². The molecule has 0 bridgehead atoms. The van der Waals surface area contributed by atoms with Gasteiger partial charge in [0.1, 0.15) is 12.4 Å². The fourth-order valence-corrected chi connectivity index (χ4v) is 3.18. The molecule has 2 aromatic carbocycles. The number of aromatic amines is 1. The number of benzene rings is 2. The van der Waals surface area contributed by atoms with Gasteiger partial charge in [-0.3, -0.25) is 14.7 Å². The molecular weight excluding hydrogens is 410 g/mol. The Bertz CT molecular complexity index is 1280. The highest BCUT2D eigenvalue weighted by Crippen LogP contribution is 2.15. The summed E-state index contributed by atoms with van der Waals surface area (Å²) in [4.78, 5) is 32.9. The van der Waals surface area contributed by atoms with Crippen molar-refractivity contribution in [1.82, 2.24) is 19.6 Å². The predicted molar refractivity (Wildman–Crippen MR) is 119 cm³/mol. The number of hydrogen-bond donors (Lipinski definition) is 2. The van der Waals surface area contributed by atoms with Crippen LogP contribution in [-0.4, -0.2) is 32.7 Å². The van der Waals surface area contributed by atoms with Gasteiger partial charge in [-0.1, -0.05) is 42.5 Å². The molecule has 4 rings (SSSR count). The summed E-state index contributed by atoms with van der Waals surface area (Å²) in [5, 5.41) is 6.03. The number of fused-ring (bicyclic) bond motifs is 1. The first-order valence-corrected chi connectivity index (χ1v) is 10.1. The van der Waals surface area contributed by atoms with Crippen molar-refractivity contribution in [3.8, 4) is 5.75 Å². The number of carbonyl (C=O) groups is 1. The van der Waals surface area contributed by atoms with Gasteiger partial charge in [0.15, 0.2) is 0 Å². The van der Waals surface area contributed by atoms with E-state index < -0.39 is 5.97 Å². The van der Waals surface area contributed by atoms with Crippen LogP contribution in [0.4, 0.5) is 5.95 Å². The molecule has 0 saturated carbocycles. The molecule has 2 aromatic heterocycles. The lowest BCUT2D eigenvalue weighted by Crippen LogP contribution is -2.24. The van der Waals surface area contributed by atoms with Crippen LogP contribution in [0.5, 0.6) is 5.75 Å². The van der Waals surface area contributed by atoms with E-state index in [1.165, 1.54) is 11.6 Å². The van der Waals surface area contributed by atoms with Crippen LogP contribution in [0.1, 0.15) is 22.4 Å². The minimum atomic E-state index is -0.499. The summed E-state index contributed by atoms with van der Waals surface area (Å²) in [6.45, 7) is 2.67. The molecule has 0 atom stereocenters. The van der Waals surface area contributed by atoms with E-state index >= 15 is 0 Å². The Morgan fingerprint density at radius 1 is 1.06 bits per heavy atom. The number of anilines is 1. The molecule has 2 heterocycles. The van der Waals surface area contributed by atoms with Crippen molar-refractivity contribution in [3.05, 3.63) is 87.3 Å². The monoisotopic (exact) mass is 433 g/mol. The third-order valence-electron chi connectivity index (χ3n) is 4.98. The van der Waals surface area contributed by atoms with Gasteiger partial charge in [-0.15, -0.1) is 0 Å². The number of methoxy groups -OCH3 is 1. The Morgan fingerprint density at radius 2 is 1.81 bits per heavy atom. The molecule has 0 saturated heterocycles. The van der Waals surface area contributed by atoms with Crippen LogP contribution in [0.25, 0.3) is 5.78 Å². The van der Waals surface area contributed by atoms with Gasteiger partial charge in [-0.25, -0.2) is 4.98 Å². The molecule has 32 heavy (non-hydrogen) atoms. The second kappa shape index (κ2) is 9.34. The molecule has 0 aliphatic rings. The van der Waals surface area contributed by atoms with Crippen LogP contribution in [0.2, 0.25) is 0 Å². The SMILES string of the molecule is COC(=O)Cc1c(C)nc2nc(NCc3ccc(OCc4ccccc4)cc3)[nH]n2c1=O. The quantitative estimate of drug-likeness (QED) is 0.411. The number of aromatic nitrogens is 4.